The van der Waals surface area contributed by atoms with Crippen molar-refractivity contribution < 1.29 is 58.2 Å². The van der Waals surface area contributed by atoms with Crippen LogP contribution in [-0.4, -0.2) is 89.2 Å². The lowest BCUT2D eigenvalue weighted by molar-refractivity contribution is -0.301. The number of hydrogen-bond acceptors (Lipinski definition) is 11. The van der Waals surface area contributed by atoms with Gasteiger partial charge in [0.25, 0.3) is 0 Å². The van der Waals surface area contributed by atoms with Gasteiger partial charge in [0.15, 0.2) is 24.6 Å². The summed E-state index contributed by atoms with van der Waals surface area (Å²) in [5.41, 5.74) is 0. The van der Waals surface area contributed by atoms with Crippen LogP contribution in [0.3, 0.4) is 0 Å². The number of carbonyl (C=O) groups excluding carboxylic acids is 3. The van der Waals surface area contributed by atoms with Crippen LogP contribution < -0.4 is 0 Å². The zero-order valence-electron chi connectivity index (χ0n) is 52.3. The highest BCUT2D eigenvalue weighted by molar-refractivity contribution is 5.74. The van der Waals surface area contributed by atoms with Crippen molar-refractivity contribution in [1.82, 2.24) is 0 Å². The first-order valence-electron chi connectivity index (χ1n) is 34.0. The van der Waals surface area contributed by atoms with Gasteiger partial charge in [0.05, 0.1) is 6.61 Å². The second-order valence-corrected chi connectivity index (χ2v) is 23.4. The van der Waals surface area contributed by atoms with Gasteiger partial charge in [-0.2, -0.15) is 0 Å². The van der Waals surface area contributed by atoms with Crippen LogP contribution in [0.5, 0.6) is 0 Å². The third-order valence-electron chi connectivity index (χ3n) is 15.7. The maximum atomic E-state index is 13.2. The van der Waals surface area contributed by atoms with E-state index in [4.69, 9.17) is 23.7 Å². The summed E-state index contributed by atoms with van der Waals surface area (Å²) in [4.78, 5) is 51.4. The van der Waals surface area contributed by atoms with Gasteiger partial charge in [-0.1, -0.05) is 295 Å². The molecule has 1 aliphatic heterocycles. The Bertz CT molecular complexity index is 1550. The van der Waals surface area contributed by atoms with Crippen molar-refractivity contribution >= 4 is 23.9 Å². The zero-order valence-corrected chi connectivity index (χ0v) is 52.3. The molecule has 472 valence electrons. The number of carboxylic acids is 1. The molecule has 6 unspecified atom stereocenters. The smallest absolute Gasteiger partial charge is 0.335 e. The van der Waals surface area contributed by atoms with E-state index in [1.807, 2.05) is 0 Å². The quantitative estimate of drug-likeness (QED) is 0.0228. The molecule has 0 aliphatic carbocycles. The minimum atomic E-state index is -1.90. The topological polar surface area (TPSA) is 175 Å². The van der Waals surface area contributed by atoms with Crippen LogP contribution in [0, 0.1) is 0 Å². The normalized spacial score (nSPS) is 17.9. The van der Waals surface area contributed by atoms with Gasteiger partial charge in [0.1, 0.15) is 18.8 Å². The standard InChI is InChI=1S/C69H124O12/c1-4-7-10-13-16-19-22-25-28-31-34-37-40-43-46-49-52-55-61(70)77-58-60(79-62(71)56-53-50-47-44-41-38-35-32-29-26-23-20-17-14-11-8-5-2)59-78-69-67(65(74)64(73)66(81-69)68(75)76)80-63(72)57-54-51-48-45-42-39-36-33-30-27-24-21-18-15-12-9-6-3/h9,12,18,21,27,30,60,64-67,69,73-74H,4-8,10-11,13-17,19-20,22-26,28-29,31-59H2,1-3H3,(H,75,76)/b12-9-,21-18-,30-27-. The molecule has 6 atom stereocenters. The fourth-order valence-corrected chi connectivity index (χ4v) is 10.6. The third kappa shape index (κ3) is 46.9. The molecule has 3 N–H and O–H groups in total. The van der Waals surface area contributed by atoms with Gasteiger partial charge in [-0.25, -0.2) is 4.79 Å². The fraction of sp³-hybridized carbons (Fsp3) is 0.855. The summed E-state index contributed by atoms with van der Waals surface area (Å²) in [6.45, 7) is 5.95. The second kappa shape index (κ2) is 57.4. The number of aliphatic hydroxyl groups excluding tert-OH is 2. The van der Waals surface area contributed by atoms with E-state index >= 15 is 0 Å². The number of allylic oxidation sites excluding steroid dienone is 6. The molecule has 0 amide bonds. The number of aliphatic carboxylic acids is 1. The van der Waals surface area contributed by atoms with Crippen LogP contribution >= 0.6 is 0 Å². The number of aliphatic hydroxyl groups is 2. The number of ether oxygens (including phenoxy) is 5. The average Bonchev–Trinajstić information content (AvgIpc) is 3.53. The van der Waals surface area contributed by atoms with E-state index in [1.165, 1.54) is 167 Å². The van der Waals surface area contributed by atoms with Crippen LogP contribution in [0.2, 0.25) is 0 Å². The first-order chi connectivity index (χ1) is 39.6. The van der Waals surface area contributed by atoms with Crippen molar-refractivity contribution in [2.24, 2.45) is 0 Å². The Morgan fingerprint density at radius 2 is 0.778 bits per heavy atom. The largest absolute Gasteiger partial charge is 0.479 e. The minimum absolute atomic E-state index is 0.0531. The van der Waals surface area contributed by atoms with Crippen LogP contribution in [0.15, 0.2) is 36.5 Å². The predicted molar refractivity (Wildman–Crippen MR) is 331 cm³/mol. The van der Waals surface area contributed by atoms with Crippen molar-refractivity contribution in [3.63, 3.8) is 0 Å². The van der Waals surface area contributed by atoms with E-state index in [0.717, 1.165) is 103 Å². The van der Waals surface area contributed by atoms with Crippen molar-refractivity contribution in [1.29, 1.82) is 0 Å². The lowest BCUT2D eigenvalue weighted by atomic mass is 9.98. The molecule has 81 heavy (non-hydrogen) atoms. The molecule has 0 saturated carbocycles. The van der Waals surface area contributed by atoms with Gasteiger partial charge in [-0.05, 0) is 51.4 Å². The molecule has 1 rings (SSSR count). The number of rotatable bonds is 59. The van der Waals surface area contributed by atoms with Crippen LogP contribution in [-0.2, 0) is 42.9 Å². The van der Waals surface area contributed by atoms with E-state index in [1.54, 1.807) is 0 Å². The highest BCUT2D eigenvalue weighted by Gasteiger charge is 2.50. The molecule has 0 aromatic carbocycles. The number of carbonyl (C=O) groups is 4. The molecule has 1 aliphatic rings. The molecule has 1 fully saturated rings. The Labute approximate surface area is 495 Å². The van der Waals surface area contributed by atoms with Gasteiger partial charge < -0.3 is 39.0 Å². The van der Waals surface area contributed by atoms with E-state index in [2.05, 4.69) is 57.2 Å². The summed E-state index contributed by atoms with van der Waals surface area (Å²) >= 11 is 0. The number of unbranched alkanes of at least 4 members (excludes halogenated alkanes) is 39. The summed E-state index contributed by atoms with van der Waals surface area (Å²) in [5, 5.41) is 31.6. The van der Waals surface area contributed by atoms with Gasteiger partial charge in [0.2, 0.25) is 0 Å². The molecule has 1 saturated heterocycles. The number of hydrogen-bond donors (Lipinski definition) is 3. The minimum Gasteiger partial charge on any atom is -0.479 e. The molecule has 1 heterocycles. The lowest BCUT2D eigenvalue weighted by Crippen LogP contribution is -2.61. The fourth-order valence-electron chi connectivity index (χ4n) is 10.6. The molecule has 0 radical (unpaired) electrons. The van der Waals surface area contributed by atoms with Gasteiger partial charge in [0, 0.05) is 19.3 Å². The van der Waals surface area contributed by atoms with Gasteiger partial charge in [-0.15, -0.1) is 0 Å². The molecule has 12 heteroatoms. The van der Waals surface area contributed by atoms with Crippen LogP contribution in [0.1, 0.15) is 329 Å². The lowest BCUT2D eigenvalue weighted by Gasteiger charge is -2.40. The predicted octanol–water partition coefficient (Wildman–Crippen LogP) is 18.4. The van der Waals surface area contributed by atoms with Crippen LogP contribution in [0.25, 0.3) is 0 Å². The average molecular weight is 1150 g/mol. The van der Waals surface area contributed by atoms with Gasteiger partial charge in [-0.3, -0.25) is 14.4 Å². The highest BCUT2D eigenvalue weighted by Crippen LogP contribution is 2.27. The molecule has 0 aromatic rings. The van der Waals surface area contributed by atoms with Crippen molar-refractivity contribution in [2.45, 2.75) is 366 Å². The van der Waals surface area contributed by atoms with Crippen molar-refractivity contribution in [3.8, 4) is 0 Å². The molecule has 0 aromatic heterocycles. The molecule has 0 spiro atoms. The monoisotopic (exact) mass is 1140 g/mol. The Morgan fingerprint density at radius 3 is 1.19 bits per heavy atom. The summed E-state index contributed by atoms with van der Waals surface area (Å²) in [5.74, 6) is -3.09. The number of esters is 3. The zero-order chi connectivity index (χ0) is 58.9. The maximum absolute atomic E-state index is 13.2. The summed E-state index contributed by atoms with van der Waals surface area (Å²) < 4.78 is 28.6. The van der Waals surface area contributed by atoms with E-state index in [9.17, 15) is 34.5 Å². The summed E-state index contributed by atoms with van der Waals surface area (Å²) in [6, 6.07) is 0. The Kier molecular flexibility index (Phi) is 53.8. The molecule has 0 bridgehead atoms. The summed E-state index contributed by atoms with van der Waals surface area (Å²) in [7, 11) is 0. The van der Waals surface area contributed by atoms with Crippen molar-refractivity contribution in [2.75, 3.05) is 13.2 Å². The summed E-state index contributed by atoms with van der Waals surface area (Å²) in [6.07, 6.45) is 56.7. The Morgan fingerprint density at radius 1 is 0.420 bits per heavy atom. The maximum Gasteiger partial charge on any atom is 0.335 e. The van der Waals surface area contributed by atoms with Gasteiger partial charge >= 0.3 is 23.9 Å². The van der Waals surface area contributed by atoms with E-state index < -0.39 is 67.3 Å². The first kappa shape index (κ1) is 76.0. The van der Waals surface area contributed by atoms with Crippen LogP contribution in [0.4, 0.5) is 0 Å². The molecular weight excluding hydrogens is 1020 g/mol. The second-order valence-electron chi connectivity index (χ2n) is 23.4. The third-order valence-corrected chi connectivity index (χ3v) is 15.7. The van der Waals surface area contributed by atoms with E-state index in [0.29, 0.717) is 19.3 Å². The van der Waals surface area contributed by atoms with Crippen molar-refractivity contribution in [3.05, 3.63) is 36.5 Å². The highest BCUT2D eigenvalue weighted by atomic mass is 16.7. The first-order valence-corrected chi connectivity index (χ1v) is 34.0. The molecular formula is C69H124O12. The van der Waals surface area contributed by atoms with E-state index in [-0.39, 0.29) is 25.9 Å². The Balaban J connectivity index is 2.63. The number of carboxylic acid groups (broad SMARTS) is 1. The molecule has 12 nitrogen and oxygen atoms in total. The SMILES string of the molecule is CC/C=C\C/C=C\C/C=C\CCCCCCCCCC(=O)OC1C(OCC(COC(=O)CCCCCCCCCCCCCCCCCCC)OC(=O)CCCCCCCCCCCCCCCCCCC)OC(C(=O)O)C(O)C1O. The Hall–Kier alpha value is -3.06.